The van der Waals surface area contributed by atoms with E-state index in [-0.39, 0.29) is 18.6 Å². The predicted molar refractivity (Wildman–Crippen MR) is 88.5 cm³/mol. The molecule has 1 unspecified atom stereocenters. The zero-order chi connectivity index (χ0) is 17.4. The first-order chi connectivity index (χ1) is 12.1. The number of benzene rings is 1. The predicted octanol–water partition coefficient (Wildman–Crippen LogP) is 1.39. The molecule has 2 aromatic rings. The van der Waals surface area contributed by atoms with Gasteiger partial charge in [0.1, 0.15) is 6.04 Å². The molecule has 1 N–H and O–H groups in total. The molecule has 1 saturated heterocycles. The van der Waals surface area contributed by atoms with Gasteiger partial charge in [0.25, 0.3) is 5.91 Å². The van der Waals surface area contributed by atoms with Gasteiger partial charge in [0, 0.05) is 25.4 Å². The Bertz CT molecular complexity index is 832. The molecule has 8 nitrogen and oxygen atoms in total. The number of nitrogens with zero attached hydrogens (tertiary/aromatic N) is 3. The van der Waals surface area contributed by atoms with E-state index in [1.807, 2.05) is 0 Å². The van der Waals surface area contributed by atoms with Crippen molar-refractivity contribution < 1.29 is 19.1 Å². The fourth-order valence-electron chi connectivity index (χ4n) is 3.19. The number of likely N-dealkylation sites (tertiary alicyclic amines) is 1. The summed E-state index contributed by atoms with van der Waals surface area (Å²) in [5.41, 5.74) is 1.11. The van der Waals surface area contributed by atoms with Gasteiger partial charge in [-0.05, 0) is 31.0 Å². The van der Waals surface area contributed by atoms with E-state index in [0.717, 1.165) is 6.42 Å². The zero-order valence-electron chi connectivity index (χ0n) is 13.8. The lowest BCUT2D eigenvalue weighted by Gasteiger charge is -2.24. The fraction of sp³-hybridized carbons (Fsp3) is 0.353. The molecule has 1 aromatic heterocycles. The maximum atomic E-state index is 12.9. The van der Waals surface area contributed by atoms with Crippen molar-refractivity contribution in [3.05, 3.63) is 36.2 Å². The Morgan fingerprint density at radius 1 is 1.28 bits per heavy atom. The van der Waals surface area contributed by atoms with Crippen LogP contribution in [0.25, 0.3) is 0 Å². The third-order valence-electron chi connectivity index (χ3n) is 4.41. The maximum Gasteiger partial charge on any atom is 0.254 e. The monoisotopic (exact) mass is 342 g/mol. The van der Waals surface area contributed by atoms with Crippen LogP contribution in [0.3, 0.4) is 0 Å². The number of nitrogens with one attached hydrogen (secondary N) is 1. The minimum atomic E-state index is -0.488. The van der Waals surface area contributed by atoms with Crippen LogP contribution in [0.15, 0.2) is 30.6 Å². The van der Waals surface area contributed by atoms with E-state index < -0.39 is 6.04 Å². The average molecular weight is 342 g/mol. The molecule has 0 aliphatic carbocycles. The van der Waals surface area contributed by atoms with E-state index in [1.54, 1.807) is 47.2 Å². The molecule has 0 spiro atoms. The topological polar surface area (TPSA) is 85.7 Å². The number of carbonyl (C=O) groups excluding carboxylic acids is 2. The number of carbonyl (C=O) groups is 2. The molecule has 4 rings (SSSR count). The molecule has 3 heterocycles. The van der Waals surface area contributed by atoms with Gasteiger partial charge < -0.3 is 19.7 Å². The van der Waals surface area contributed by atoms with Gasteiger partial charge in [-0.1, -0.05) is 0 Å². The van der Waals surface area contributed by atoms with Gasteiger partial charge in [0.05, 0.1) is 11.9 Å². The Labute approximate surface area is 144 Å². The second-order valence-electron chi connectivity index (χ2n) is 6.12. The largest absolute Gasteiger partial charge is 0.454 e. The third-order valence-corrected chi connectivity index (χ3v) is 4.41. The Hall–Kier alpha value is -3.03. The molecule has 130 valence electrons. The van der Waals surface area contributed by atoms with Crippen molar-refractivity contribution in [1.82, 2.24) is 14.7 Å². The van der Waals surface area contributed by atoms with E-state index >= 15 is 0 Å². The SMILES string of the molecule is Cn1cc(NC(=O)C2CCCN2C(=O)c2ccc3c(c2)OCO3)cn1. The Morgan fingerprint density at radius 3 is 2.92 bits per heavy atom. The number of fused-ring (bicyclic) bond motifs is 1. The van der Waals surface area contributed by atoms with Gasteiger partial charge in [-0.15, -0.1) is 0 Å². The van der Waals surface area contributed by atoms with Crippen molar-refractivity contribution in [1.29, 1.82) is 0 Å². The molecule has 2 amide bonds. The van der Waals surface area contributed by atoms with Gasteiger partial charge >= 0.3 is 0 Å². The van der Waals surface area contributed by atoms with E-state index in [2.05, 4.69) is 10.4 Å². The highest BCUT2D eigenvalue weighted by atomic mass is 16.7. The van der Waals surface area contributed by atoms with Gasteiger partial charge in [0.2, 0.25) is 12.7 Å². The van der Waals surface area contributed by atoms with Crippen LogP contribution in [-0.4, -0.2) is 45.9 Å². The van der Waals surface area contributed by atoms with Crippen molar-refractivity contribution in [3.63, 3.8) is 0 Å². The summed E-state index contributed by atoms with van der Waals surface area (Å²) in [5, 5.41) is 6.85. The molecule has 1 fully saturated rings. The lowest BCUT2D eigenvalue weighted by Crippen LogP contribution is -2.43. The first-order valence-electron chi connectivity index (χ1n) is 8.12. The first kappa shape index (κ1) is 15.5. The van der Waals surface area contributed by atoms with E-state index in [4.69, 9.17) is 9.47 Å². The number of hydrogen-bond acceptors (Lipinski definition) is 5. The number of rotatable bonds is 3. The quantitative estimate of drug-likeness (QED) is 0.911. The summed E-state index contributed by atoms with van der Waals surface area (Å²) < 4.78 is 12.2. The molecule has 0 saturated carbocycles. The van der Waals surface area contributed by atoms with E-state index in [0.29, 0.717) is 35.7 Å². The van der Waals surface area contributed by atoms with Gasteiger partial charge in [-0.25, -0.2) is 0 Å². The number of anilines is 1. The second kappa shape index (κ2) is 6.12. The molecule has 0 bridgehead atoms. The molecule has 8 heteroatoms. The average Bonchev–Trinajstić information content (AvgIpc) is 3.33. The lowest BCUT2D eigenvalue weighted by atomic mass is 10.1. The molecular formula is C17H18N4O4. The van der Waals surface area contributed by atoms with Crippen LogP contribution in [0, 0.1) is 0 Å². The standard InChI is InChI=1S/C17H18N4O4/c1-20-9-12(8-18-20)19-16(22)13-3-2-6-21(13)17(23)11-4-5-14-15(7-11)25-10-24-14/h4-5,7-9,13H,2-3,6,10H2,1H3,(H,19,22). The molecule has 0 radical (unpaired) electrons. The summed E-state index contributed by atoms with van der Waals surface area (Å²) in [6, 6.07) is 4.60. The van der Waals surface area contributed by atoms with Crippen molar-refractivity contribution in [2.75, 3.05) is 18.7 Å². The Kier molecular flexibility index (Phi) is 3.79. The van der Waals surface area contributed by atoms with Gasteiger partial charge in [0.15, 0.2) is 11.5 Å². The number of hydrogen-bond donors (Lipinski definition) is 1. The Morgan fingerprint density at radius 2 is 2.12 bits per heavy atom. The van der Waals surface area contributed by atoms with Gasteiger partial charge in [-0.2, -0.15) is 5.10 Å². The van der Waals surface area contributed by atoms with Crippen LogP contribution < -0.4 is 14.8 Å². The smallest absolute Gasteiger partial charge is 0.254 e. The summed E-state index contributed by atoms with van der Waals surface area (Å²) in [5.74, 6) is 0.812. The minimum Gasteiger partial charge on any atom is -0.454 e. The van der Waals surface area contributed by atoms with E-state index in [1.165, 1.54) is 0 Å². The molecular weight excluding hydrogens is 324 g/mol. The van der Waals surface area contributed by atoms with Crippen LogP contribution in [0.2, 0.25) is 0 Å². The maximum absolute atomic E-state index is 12.9. The minimum absolute atomic E-state index is 0.160. The fourth-order valence-corrected chi connectivity index (χ4v) is 3.19. The Balaban J connectivity index is 1.50. The number of aryl methyl sites for hydroxylation is 1. The van der Waals surface area contributed by atoms with Crippen LogP contribution in [0.5, 0.6) is 11.5 Å². The van der Waals surface area contributed by atoms with Crippen LogP contribution in [0.1, 0.15) is 23.2 Å². The number of ether oxygens (including phenoxy) is 2. The summed E-state index contributed by atoms with van der Waals surface area (Å²) in [4.78, 5) is 27.0. The summed E-state index contributed by atoms with van der Waals surface area (Å²) in [6.07, 6.45) is 4.73. The highest BCUT2D eigenvalue weighted by molar-refractivity contribution is 6.01. The van der Waals surface area contributed by atoms with Crippen molar-refractivity contribution >= 4 is 17.5 Å². The van der Waals surface area contributed by atoms with Crippen molar-refractivity contribution in [2.45, 2.75) is 18.9 Å². The molecule has 2 aliphatic rings. The van der Waals surface area contributed by atoms with Crippen LogP contribution >= 0.6 is 0 Å². The third kappa shape index (κ3) is 2.90. The lowest BCUT2D eigenvalue weighted by molar-refractivity contribution is -0.119. The highest BCUT2D eigenvalue weighted by Crippen LogP contribution is 2.33. The second-order valence-corrected chi connectivity index (χ2v) is 6.12. The first-order valence-corrected chi connectivity index (χ1v) is 8.12. The summed E-state index contributed by atoms with van der Waals surface area (Å²) >= 11 is 0. The van der Waals surface area contributed by atoms with E-state index in [9.17, 15) is 9.59 Å². The molecule has 1 atom stereocenters. The van der Waals surface area contributed by atoms with Crippen LogP contribution in [0.4, 0.5) is 5.69 Å². The summed E-state index contributed by atoms with van der Waals surface area (Å²) in [7, 11) is 1.78. The number of amides is 2. The van der Waals surface area contributed by atoms with Crippen molar-refractivity contribution in [2.24, 2.45) is 7.05 Å². The van der Waals surface area contributed by atoms with Crippen molar-refractivity contribution in [3.8, 4) is 11.5 Å². The van der Waals surface area contributed by atoms with Crippen LogP contribution in [-0.2, 0) is 11.8 Å². The molecule has 25 heavy (non-hydrogen) atoms. The molecule has 1 aromatic carbocycles. The highest BCUT2D eigenvalue weighted by Gasteiger charge is 2.35. The zero-order valence-corrected chi connectivity index (χ0v) is 13.8. The normalized spacial score (nSPS) is 18.4. The summed E-state index contributed by atoms with van der Waals surface area (Å²) in [6.45, 7) is 0.714. The molecule has 2 aliphatic heterocycles. The van der Waals surface area contributed by atoms with Gasteiger partial charge in [-0.3, -0.25) is 14.3 Å². The number of aromatic nitrogens is 2.